The Kier molecular flexibility index (Phi) is 9.30. The number of hydrogen-bond donors (Lipinski definition) is 1. The number of nitrogens with zero attached hydrogens (tertiary/aromatic N) is 1. The van der Waals surface area contributed by atoms with Crippen molar-refractivity contribution >= 4 is 92.2 Å². The van der Waals surface area contributed by atoms with Crippen molar-refractivity contribution in [1.82, 2.24) is 4.98 Å². The van der Waals surface area contributed by atoms with Crippen molar-refractivity contribution in [1.29, 1.82) is 0 Å². The number of esters is 1. The minimum absolute atomic E-state index is 0.106. The molecule has 0 spiro atoms. The first-order chi connectivity index (χ1) is 20.9. The van der Waals surface area contributed by atoms with Gasteiger partial charge in [-0.3, -0.25) is 14.4 Å². The average Bonchev–Trinajstić information content (AvgIpc) is 3.22. The van der Waals surface area contributed by atoms with Crippen LogP contribution in [0.1, 0.15) is 97.0 Å². The van der Waals surface area contributed by atoms with Gasteiger partial charge in [0.05, 0.1) is 5.69 Å². The predicted molar refractivity (Wildman–Crippen MR) is 190 cm³/mol. The van der Waals surface area contributed by atoms with Gasteiger partial charge in [-0.25, -0.2) is 4.98 Å². The van der Waals surface area contributed by atoms with Gasteiger partial charge in [0.2, 0.25) is 0 Å². The number of hydrogen-bond acceptors (Lipinski definition) is 6. The second-order valence-electron chi connectivity index (χ2n) is 13.2. The van der Waals surface area contributed by atoms with E-state index in [-0.39, 0.29) is 51.4 Å². The van der Waals surface area contributed by atoms with Crippen LogP contribution in [-0.2, 0) is 22.0 Å². The molecule has 1 aliphatic carbocycles. The summed E-state index contributed by atoms with van der Waals surface area (Å²) in [5.74, 6) is -1.77. The molecule has 0 atom stereocenters. The molecule has 0 amide bonds. The highest BCUT2D eigenvalue weighted by molar-refractivity contribution is 9.15. The van der Waals surface area contributed by atoms with Crippen LogP contribution < -0.4 is 4.74 Å². The van der Waals surface area contributed by atoms with E-state index in [1.54, 1.807) is 24.3 Å². The number of ketones is 2. The molecular formula is C35H31Br4NO5. The molecule has 1 heterocycles. The molecule has 0 radical (unpaired) electrons. The lowest BCUT2D eigenvalue weighted by Gasteiger charge is -2.28. The number of fused-ring (bicyclic) bond motifs is 2. The number of aryl methyl sites for hydroxylation is 1. The number of phenolic OH excluding ortho intramolecular Hbond substituents is 1. The Morgan fingerprint density at radius 2 is 1.36 bits per heavy atom. The second kappa shape index (κ2) is 12.3. The highest BCUT2D eigenvalue weighted by atomic mass is 79.9. The Hall–Kier alpha value is -2.40. The van der Waals surface area contributed by atoms with Gasteiger partial charge < -0.3 is 9.84 Å². The Bertz CT molecular complexity index is 1840. The summed E-state index contributed by atoms with van der Waals surface area (Å²) >= 11 is 13.9. The van der Waals surface area contributed by atoms with Crippen LogP contribution in [-0.4, -0.2) is 27.6 Å². The van der Waals surface area contributed by atoms with Crippen molar-refractivity contribution in [2.24, 2.45) is 0 Å². The Morgan fingerprint density at radius 1 is 0.822 bits per heavy atom. The molecule has 10 heteroatoms. The van der Waals surface area contributed by atoms with Gasteiger partial charge in [0, 0.05) is 40.8 Å². The topological polar surface area (TPSA) is 93.6 Å². The number of phenols is 1. The summed E-state index contributed by atoms with van der Waals surface area (Å²) in [7, 11) is 0. The minimum Gasteiger partial charge on any atom is -0.507 e. The molecule has 1 aliphatic rings. The maximum atomic E-state index is 13.6. The van der Waals surface area contributed by atoms with Crippen molar-refractivity contribution in [3.8, 4) is 11.5 Å². The number of aromatic hydroxyl groups is 1. The summed E-state index contributed by atoms with van der Waals surface area (Å²) in [6.07, 6.45) is 0.529. The van der Waals surface area contributed by atoms with Crippen LogP contribution in [0.4, 0.5) is 0 Å². The van der Waals surface area contributed by atoms with Crippen molar-refractivity contribution in [3.63, 3.8) is 0 Å². The zero-order chi connectivity index (χ0) is 33.2. The van der Waals surface area contributed by atoms with E-state index in [4.69, 9.17) is 9.72 Å². The third-order valence-corrected chi connectivity index (χ3v) is 12.7. The number of halogens is 4. The largest absolute Gasteiger partial charge is 0.507 e. The van der Waals surface area contributed by atoms with Gasteiger partial charge in [-0.2, -0.15) is 0 Å². The molecule has 6 nitrogen and oxygen atoms in total. The lowest BCUT2D eigenvalue weighted by Crippen LogP contribution is -2.18. The molecule has 0 unspecified atom stereocenters. The fourth-order valence-electron chi connectivity index (χ4n) is 5.55. The number of Topliss-reactive ketones (excluding diaryl/α,β-unsaturated/α-hetero) is 2. The first kappa shape index (κ1) is 33.9. The predicted octanol–water partition coefficient (Wildman–Crippen LogP) is 10.3. The highest BCUT2D eigenvalue weighted by Crippen LogP contribution is 2.48. The molecule has 0 fully saturated rings. The minimum atomic E-state index is -1.13. The quantitative estimate of drug-likeness (QED) is 0.0706. The number of ether oxygens (including phenoxy) is 1. The van der Waals surface area contributed by atoms with Crippen LogP contribution in [0.5, 0.6) is 11.5 Å². The third-order valence-electron chi connectivity index (χ3n) is 7.91. The molecule has 1 N–H and O–H groups in total. The first-order valence-electron chi connectivity index (χ1n) is 14.3. The molecule has 4 aromatic rings. The first-order valence-corrected chi connectivity index (χ1v) is 17.5. The normalized spacial score (nSPS) is 13.9. The smallest absolute Gasteiger partial charge is 0.311 e. The monoisotopic (exact) mass is 861 g/mol. The Labute approximate surface area is 295 Å². The molecule has 0 aliphatic heterocycles. The average molecular weight is 865 g/mol. The zero-order valence-corrected chi connectivity index (χ0v) is 31.9. The van der Waals surface area contributed by atoms with Crippen molar-refractivity contribution < 1.29 is 24.2 Å². The number of carbonyl (C=O) groups excluding carboxylic acids is 3. The van der Waals surface area contributed by atoms with Crippen LogP contribution in [0.3, 0.4) is 0 Å². The van der Waals surface area contributed by atoms with Gasteiger partial charge in [0.1, 0.15) is 17.2 Å². The van der Waals surface area contributed by atoms with Crippen LogP contribution in [0.15, 0.2) is 60.4 Å². The van der Waals surface area contributed by atoms with Crippen molar-refractivity contribution in [3.05, 3.63) is 93.9 Å². The molecule has 0 bridgehead atoms. The number of carbonyl (C=O) groups is 3. The van der Waals surface area contributed by atoms with Gasteiger partial charge in [0.15, 0.2) is 17.3 Å². The second-order valence-corrected chi connectivity index (χ2v) is 16.4. The van der Waals surface area contributed by atoms with E-state index in [0.29, 0.717) is 41.0 Å². The summed E-state index contributed by atoms with van der Waals surface area (Å²) in [6, 6.07) is 12.6. The summed E-state index contributed by atoms with van der Waals surface area (Å²) < 4.78 is 8.03. The SMILES string of the molecule is CC(C)(C)c1cc(CCC(=O)Oc2cccc3ccc(C4C(=O)c5c(Br)c(Br)c(Br)c(Br)c5C4=O)nc23)cc(C(C)(C)C)c1O. The molecule has 1 aromatic heterocycles. The van der Waals surface area contributed by atoms with Crippen LogP contribution in [0.25, 0.3) is 10.9 Å². The molecule has 3 aromatic carbocycles. The number of aromatic nitrogens is 1. The zero-order valence-electron chi connectivity index (χ0n) is 25.6. The van der Waals surface area contributed by atoms with Gasteiger partial charge in [-0.15, -0.1) is 0 Å². The Balaban J connectivity index is 1.43. The van der Waals surface area contributed by atoms with Crippen LogP contribution >= 0.6 is 63.7 Å². The van der Waals surface area contributed by atoms with Crippen LogP contribution in [0, 0.1) is 0 Å². The summed E-state index contributed by atoms with van der Waals surface area (Å²) in [6.45, 7) is 12.3. The fraction of sp³-hybridized carbons (Fsp3) is 0.314. The van der Waals surface area contributed by atoms with Crippen LogP contribution in [0.2, 0.25) is 0 Å². The van der Waals surface area contributed by atoms with E-state index >= 15 is 0 Å². The molecule has 234 valence electrons. The van der Waals surface area contributed by atoms with E-state index < -0.39 is 11.9 Å². The van der Waals surface area contributed by atoms with Gasteiger partial charge in [-0.1, -0.05) is 71.9 Å². The standard InChI is InChI=1S/C35H31Br4NO5/c1-34(2,3)18-14-16(15-19(31(18)42)35(4,5)6)10-13-22(41)45-21-9-7-8-17-11-12-20(40-30(17)21)23-32(43)24-25(33(23)44)27(37)29(39)28(38)26(24)36/h7-9,11-12,14-15,23,42H,10,13H2,1-6H3. The van der Waals surface area contributed by atoms with Gasteiger partial charge in [-0.05, 0) is 110 Å². The van der Waals surface area contributed by atoms with E-state index in [9.17, 15) is 19.5 Å². The molecule has 5 rings (SSSR count). The molecule has 0 saturated heterocycles. The van der Waals surface area contributed by atoms with Crippen molar-refractivity contribution in [2.75, 3.05) is 0 Å². The highest BCUT2D eigenvalue weighted by Gasteiger charge is 2.44. The summed E-state index contributed by atoms with van der Waals surface area (Å²) in [4.78, 5) is 45.1. The number of benzene rings is 3. The van der Waals surface area contributed by atoms with E-state index in [2.05, 4.69) is 105 Å². The summed E-state index contributed by atoms with van der Waals surface area (Å²) in [5, 5.41) is 11.7. The van der Waals surface area contributed by atoms with E-state index in [1.165, 1.54) is 0 Å². The van der Waals surface area contributed by atoms with Crippen molar-refractivity contribution in [2.45, 2.75) is 71.1 Å². The fourth-order valence-corrected chi connectivity index (χ4v) is 8.06. The lowest BCUT2D eigenvalue weighted by molar-refractivity contribution is -0.134. The molecule has 0 saturated carbocycles. The maximum Gasteiger partial charge on any atom is 0.311 e. The molecule has 45 heavy (non-hydrogen) atoms. The van der Waals surface area contributed by atoms with Gasteiger partial charge >= 0.3 is 5.97 Å². The van der Waals surface area contributed by atoms with E-state index in [0.717, 1.165) is 16.7 Å². The number of para-hydroxylation sites is 1. The number of pyridine rings is 1. The third kappa shape index (κ3) is 6.32. The maximum absolute atomic E-state index is 13.6. The Morgan fingerprint density at radius 3 is 1.87 bits per heavy atom. The van der Waals surface area contributed by atoms with E-state index in [1.807, 2.05) is 18.2 Å². The molecular weight excluding hydrogens is 834 g/mol. The lowest BCUT2D eigenvalue weighted by atomic mass is 9.78. The number of rotatable bonds is 5. The van der Waals surface area contributed by atoms with Gasteiger partial charge in [0.25, 0.3) is 0 Å². The summed E-state index contributed by atoms with van der Waals surface area (Å²) in [5.41, 5.74) is 3.27.